The van der Waals surface area contributed by atoms with Gasteiger partial charge in [-0.05, 0) is 43.5 Å². The summed E-state index contributed by atoms with van der Waals surface area (Å²) >= 11 is 0. The van der Waals surface area contributed by atoms with E-state index in [9.17, 15) is 10.2 Å². The number of hydrogen-bond donors (Lipinski definition) is 2. The van der Waals surface area contributed by atoms with Crippen LogP contribution >= 0.6 is 0 Å². The maximum absolute atomic E-state index is 10.3. The number of aliphatic hydroxyl groups is 2. The summed E-state index contributed by atoms with van der Waals surface area (Å²) < 4.78 is 1.89. The lowest BCUT2D eigenvalue weighted by Gasteiger charge is -2.24. The molecule has 1 fully saturated rings. The number of aromatic nitrogens is 2. The minimum atomic E-state index is -0.906. The van der Waals surface area contributed by atoms with Crippen molar-refractivity contribution >= 4 is 0 Å². The summed E-state index contributed by atoms with van der Waals surface area (Å²) in [5.41, 5.74) is 1.41. The number of rotatable bonds is 4. The monoisotopic (exact) mass is 301 g/mol. The number of aliphatic hydroxyl groups excluding tert-OH is 1. The highest BCUT2D eigenvalue weighted by atomic mass is 16.3. The Morgan fingerprint density at radius 1 is 1.14 bits per heavy atom. The van der Waals surface area contributed by atoms with Crippen LogP contribution in [0.2, 0.25) is 0 Å². The second kappa shape index (κ2) is 6.60. The molecule has 0 bridgehead atoms. The van der Waals surface area contributed by atoms with Crippen molar-refractivity contribution in [2.45, 2.75) is 31.4 Å². The van der Waals surface area contributed by atoms with Crippen LogP contribution in [0.3, 0.4) is 0 Å². The Hall–Kier alpha value is -1.69. The van der Waals surface area contributed by atoms with E-state index in [4.69, 9.17) is 0 Å². The van der Waals surface area contributed by atoms with E-state index in [2.05, 4.69) is 22.1 Å². The highest BCUT2D eigenvalue weighted by molar-refractivity contribution is 5.40. The third-order valence-corrected chi connectivity index (χ3v) is 4.44. The van der Waals surface area contributed by atoms with Crippen molar-refractivity contribution in [1.82, 2.24) is 14.7 Å². The Kier molecular flexibility index (Phi) is 4.57. The van der Waals surface area contributed by atoms with E-state index in [1.165, 1.54) is 5.56 Å². The van der Waals surface area contributed by atoms with E-state index >= 15 is 0 Å². The molecule has 0 aliphatic carbocycles. The molecule has 1 aliphatic heterocycles. The van der Waals surface area contributed by atoms with Crippen molar-refractivity contribution in [1.29, 1.82) is 0 Å². The van der Waals surface area contributed by atoms with Crippen molar-refractivity contribution in [2.24, 2.45) is 0 Å². The second-order valence-electron chi connectivity index (χ2n) is 6.09. The summed E-state index contributed by atoms with van der Waals surface area (Å²) in [5.74, 6) is 0. The van der Waals surface area contributed by atoms with E-state index < -0.39 is 5.60 Å². The first-order chi connectivity index (χ1) is 10.7. The van der Waals surface area contributed by atoms with Gasteiger partial charge in [0.05, 0.1) is 17.9 Å². The van der Waals surface area contributed by atoms with Crippen LogP contribution in [-0.2, 0) is 6.54 Å². The predicted octanol–water partition coefficient (Wildman–Crippen LogP) is 1.58. The maximum atomic E-state index is 10.3. The molecule has 3 rings (SSSR count). The lowest BCUT2D eigenvalue weighted by molar-refractivity contribution is -0.0255. The molecular formula is C17H23N3O2. The van der Waals surface area contributed by atoms with Gasteiger partial charge in [-0.3, -0.25) is 4.90 Å². The first kappa shape index (κ1) is 15.2. The highest BCUT2D eigenvalue weighted by Gasteiger charge is 2.29. The van der Waals surface area contributed by atoms with Crippen LogP contribution in [0, 0.1) is 0 Å². The van der Waals surface area contributed by atoms with Crippen molar-refractivity contribution in [2.75, 3.05) is 19.7 Å². The topological polar surface area (TPSA) is 61.5 Å². The SMILES string of the molecule is OCC1(O)CCCN(Cc2ccccc2-n2cccn2)CC1. The minimum Gasteiger partial charge on any atom is -0.393 e. The molecule has 2 N–H and O–H groups in total. The van der Waals surface area contributed by atoms with Gasteiger partial charge in [0.25, 0.3) is 0 Å². The van der Waals surface area contributed by atoms with Gasteiger partial charge < -0.3 is 10.2 Å². The molecule has 1 unspecified atom stereocenters. The summed E-state index contributed by atoms with van der Waals surface area (Å²) in [6.45, 7) is 2.42. The fourth-order valence-corrected chi connectivity index (χ4v) is 3.07. The van der Waals surface area contributed by atoms with Gasteiger partial charge in [-0.25, -0.2) is 4.68 Å². The Balaban J connectivity index is 1.74. The van der Waals surface area contributed by atoms with Crippen LogP contribution < -0.4 is 0 Å². The van der Waals surface area contributed by atoms with Gasteiger partial charge in [0.2, 0.25) is 0 Å². The van der Waals surface area contributed by atoms with Crippen LogP contribution in [0.5, 0.6) is 0 Å². The van der Waals surface area contributed by atoms with Crippen molar-refractivity contribution in [3.63, 3.8) is 0 Å². The number of nitrogens with zero attached hydrogens (tertiary/aromatic N) is 3. The zero-order chi connectivity index (χ0) is 15.4. The molecular weight excluding hydrogens is 278 g/mol. The van der Waals surface area contributed by atoms with Crippen molar-refractivity contribution < 1.29 is 10.2 Å². The van der Waals surface area contributed by atoms with Gasteiger partial charge in [-0.1, -0.05) is 18.2 Å². The number of likely N-dealkylation sites (tertiary alicyclic amines) is 1. The summed E-state index contributed by atoms with van der Waals surface area (Å²) in [6.07, 6.45) is 5.92. The van der Waals surface area contributed by atoms with Crippen LogP contribution in [0.15, 0.2) is 42.7 Å². The lowest BCUT2D eigenvalue weighted by atomic mass is 9.96. The lowest BCUT2D eigenvalue weighted by Crippen LogP contribution is -2.34. The van der Waals surface area contributed by atoms with Gasteiger partial charge >= 0.3 is 0 Å². The molecule has 2 heterocycles. The van der Waals surface area contributed by atoms with E-state index in [-0.39, 0.29) is 6.61 Å². The van der Waals surface area contributed by atoms with Crippen LogP contribution in [-0.4, -0.2) is 50.2 Å². The zero-order valence-corrected chi connectivity index (χ0v) is 12.7. The number of hydrogen-bond acceptors (Lipinski definition) is 4. The van der Waals surface area contributed by atoms with Gasteiger partial charge in [-0.15, -0.1) is 0 Å². The van der Waals surface area contributed by atoms with Crippen LogP contribution in [0.25, 0.3) is 5.69 Å². The molecule has 0 saturated carbocycles. The molecule has 2 aromatic rings. The van der Waals surface area contributed by atoms with Crippen LogP contribution in [0.4, 0.5) is 0 Å². The fraction of sp³-hybridized carbons (Fsp3) is 0.471. The van der Waals surface area contributed by atoms with E-state index in [1.54, 1.807) is 6.20 Å². The molecule has 1 aromatic carbocycles. The molecule has 118 valence electrons. The van der Waals surface area contributed by atoms with Crippen LogP contribution in [0.1, 0.15) is 24.8 Å². The fourth-order valence-electron chi connectivity index (χ4n) is 3.07. The Morgan fingerprint density at radius 3 is 2.77 bits per heavy atom. The Labute approximate surface area is 130 Å². The largest absolute Gasteiger partial charge is 0.393 e. The quantitative estimate of drug-likeness (QED) is 0.900. The van der Waals surface area contributed by atoms with Crippen molar-refractivity contribution in [3.8, 4) is 5.69 Å². The molecule has 1 atom stereocenters. The van der Waals surface area contributed by atoms with E-state index in [1.807, 2.05) is 29.1 Å². The van der Waals surface area contributed by atoms with E-state index in [0.29, 0.717) is 12.8 Å². The van der Waals surface area contributed by atoms with Gasteiger partial charge in [0.15, 0.2) is 0 Å². The number of benzene rings is 1. The zero-order valence-electron chi connectivity index (χ0n) is 12.7. The normalized spacial score (nSPS) is 23.4. The summed E-state index contributed by atoms with van der Waals surface area (Å²) in [4.78, 5) is 2.34. The molecule has 0 radical (unpaired) electrons. The van der Waals surface area contributed by atoms with Gasteiger partial charge in [0, 0.05) is 25.5 Å². The number of para-hydroxylation sites is 1. The maximum Gasteiger partial charge on any atom is 0.0890 e. The second-order valence-corrected chi connectivity index (χ2v) is 6.09. The molecule has 0 amide bonds. The van der Waals surface area contributed by atoms with Crippen molar-refractivity contribution in [3.05, 3.63) is 48.3 Å². The molecule has 1 aromatic heterocycles. The van der Waals surface area contributed by atoms with E-state index in [0.717, 1.165) is 31.7 Å². The average molecular weight is 301 g/mol. The third kappa shape index (κ3) is 3.38. The Morgan fingerprint density at radius 2 is 2.00 bits per heavy atom. The summed E-state index contributed by atoms with van der Waals surface area (Å²) in [5, 5.41) is 23.9. The molecule has 1 saturated heterocycles. The molecule has 0 spiro atoms. The first-order valence-corrected chi connectivity index (χ1v) is 7.84. The summed E-state index contributed by atoms with van der Waals surface area (Å²) in [6, 6.07) is 10.2. The summed E-state index contributed by atoms with van der Waals surface area (Å²) in [7, 11) is 0. The van der Waals surface area contributed by atoms with Gasteiger partial charge in [-0.2, -0.15) is 5.10 Å². The molecule has 5 nitrogen and oxygen atoms in total. The Bertz CT molecular complexity index is 600. The molecule has 22 heavy (non-hydrogen) atoms. The predicted molar refractivity (Wildman–Crippen MR) is 84.7 cm³/mol. The third-order valence-electron chi connectivity index (χ3n) is 4.44. The smallest absolute Gasteiger partial charge is 0.0890 e. The molecule has 1 aliphatic rings. The first-order valence-electron chi connectivity index (χ1n) is 7.84. The standard InChI is InChI=1S/C17H23N3O2/c21-14-17(22)7-3-10-19(12-8-17)13-15-5-1-2-6-16(15)20-11-4-9-18-20/h1-2,4-6,9,11,21-22H,3,7-8,10,12-14H2. The highest BCUT2D eigenvalue weighted by Crippen LogP contribution is 2.24. The molecule has 5 heteroatoms. The average Bonchev–Trinajstić information content (AvgIpc) is 3.01. The van der Waals surface area contributed by atoms with Gasteiger partial charge in [0.1, 0.15) is 0 Å². The minimum absolute atomic E-state index is 0.148.